The molecular formula is C16H19BrFN3. The zero-order valence-corrected chi connectivity index (χ0v) is 14.3. The summed E-state index contributed by atoms with van der Waals surface area (Å²) in [5.74, 6) is 0.236. The van der Waals surface area contributed by atoms with Crippen LogP contribution in [0.2, 0.25) is 0 Å². The zero-order chi connectivity index (χ0) is 15.6. The maximum atomic E-state index is 13.4. The van der Waals surface area contributed by atoms with Crippen LogP contribution in [-0.2, 0) is 6.54 Å². The normalized spacial score (nSPS) is 11.7. The summed E-state index contributed by atoms with van der Waals surface area (Å²) in [5, 5.41) is 3.39. The summed E-state index contributed by atoms with van der Waals surface area (Å²) in [5.41, 5.74) is 2.43. The minimum Gasteiger partial charge on any atom is -0.306 e. The van der Waals surface area contributed by atoms with Gasteiger partial charge in [-0.2, -0.15) is 0 Å². The lowest BCUT2D eigenvalue weighted by atomic mass is 10.1. The van der Waals surface area contributed by atoms with Crippen molar-refractivity contribution in [3.05, 3.63) is 45.9 Å². The highest BCUT2D eigenvalue weighted by Gasteiger charge is 2.12. The van der Waals surface area contributed by atoms with Crippen LogP contribution >= 0.6 is 15.9 Å². The van der Waals surface area contributed by atoms with E-state index in [2.05, 4.69) is 52.0 Å². The number of aryl methyl sites for hydroxylation is 1. The number of rotatable bonds is 3. The molecule has 2 aromatic rings. The van der Waals surface area contributed by atoms with Gasteiger partial charge in [-0.3, -0.25) is 0 Å². The van der Waals surface area contributed by atoms with Crippen LogP contribution in [0.5, 0.6) is 0 Å². The summed E-state index contributed by atoms with van der Waals surface area (Å²) < 4.78 is 14.2. The molecule has 1 aromatic carbocycles. The number of hydrogen-bond donors (Lipinski definition) is 1. The quantitative estimate of drug-likeness (QED) is 0.898. The number of benzene rings is 1. The lowest BCUT2D eigenvalue weighted by molar-refractivity contribution is 0.421. The van der Waals surface area contributed by atoms with Gasteiger partial charge < -0.3 is 5.32 Å². The van der Waals surface area contributed by atoms with Crippen molar-refractivity contribution in [1.29, 1.82) is 0 Å². The van der Waals surface area contributed by atoms with Gasteiger partial charge >= 0.3 is 0 Å². The molecule has 0 radical (unpaired) electrons. The van der Waals surface area contributed by atoms with Gasteiger partial charge in [-0.15, -0.1) is 0 Å². The average Bonchev–Trinajstić information content (AvgIpc) is 2.38. The fraction of sp³-hybridized carbons (Fsp3) is 0.375. The Bertz CT molecular complexity index is 650. The molecule has 21 heavy (non-hydrogen) atoms. The van der Waals surface area contributed by atoms with Crippen LogP contribution in [0, 0.1) is 12.7 Å². The maximum Gasteiger partial charge on any atom is 0.160 e. The smallest absolute Gasteiger partial charge is 0.160 e. The maximum absolute atomic E-state index is 13.4. The molecular weight excluding hydrogens is 333 g/mol. The third kappa shape index (κ3) is 4.58. The summed E-state index contributed by atoms with van der Waals surface area (Å²) in [6, 6.07) is 6.46. The van der Waals surface area contributed by atoms with Gasteiger partial charge in [-0.05, 0) is 52.0 Å². The largest absolute Gasteiger partial charge is 0.306 e. The molecule has 1 heterocycles. The Labute approximate surface area is 133 Å². The van der Waals surface area contributed by atoms with E-state index >= 15 is 0 Å². The number of hydrogen-bond acceptors (Lipinski definition) is 3. The van der Waals surface area contributed by atoms with Crippen molar-refractivity contribution in [2.45, 2.75) is 39.8 Å². The van der Waals surface area contributed by atoms with Crippen molar-refractivity contribution in [2.24, 2.45) is 0 Å². The van der Waals surface area contributed by atoms with Gasteiger partial charge in [0.15, 0.2) is 5.82 Å². The minimum absolute atomic E-state index is 0.0124. The number of nitrogens with zero attached hydrogens (tertiary/aromatic N) is 2. The van der Waals surface area contributed by atoms with Crippen molar-refractivity contribution in [1.82, 2.24) is 15.3 Å². The van der Waals surface area contributed by atoms with E-state index in [-0.39, 0.29) is 11.4 Å². The highest BCUT2D eigenvalue weighted by atomic mass is 79.9. The van der Waals surface area contributed by atoms with E-state index in [9.17, 15) is 4.39 Å². The highest BCUT2D eigenvalue weighted by Crippen LogP contribution is 2.26. The van der Waals surface area contributed by atoms with Crippen LogP contribution in [0.25, 0.3) is 11.4 Å². The summed E-state index contributed by atoms with van der Waals surface area (Å²) in [6.45, 7) is 8.87. The SMILES string of the molecule is Cc1cc(CNC(C)(C)C)nc(-c2cc(F)ccc2Br)n1. The number of nitrogens with one attached hydrogen (secondary N) is 1. The van der Waals surface area contributed by atoms with Crippen LogP contribution < -0.4 is 5.32 Å². The van der Waals surface area contributed by atoms with Gasteiger partial charge in [-0.25, -0.2) is 14.4 Å². The van der Waals surface area contributed by atoms with E-state index in [0.29, 0.717) is 17.9 Å². The van der Waals surface area contributed by atoms with Crippen molar-refractivity contribution < 1.29 is 4.39 Å². The fourth-order valence-electron chi connectivity index (χ4n) is 1.87. The van der Waals surface area contributed by atoms with Crippen LogP contribution in [0.3, 0.4) is 0 Å². The second-order valence-electron chi connectivity index (χ2n) is 6.05. The molecule has 1 N–H and O–H groups in total. The molecule has 1 aromatic heterocycles. The van der Waals surface area contributed by atoms with Crippen molar-refractivity contribution >= 4 is 15.9 Å². The fourth-order valence-corrected chi connectivity index (χ4v) is 2.29. The molecule has 0 aliphatic heterocycles. The zero-order valence-electron chi connectivity index (χ0n) is 12.7. The molecule has 0 unspecified atom stereocenters. The Kier molecular flexibility index (Phi) is 4.74. The van der Waals surface area contributed by atoms with Gasteiger partial charge in [0.25, 0.3) is 0 Å². The summed E-state index contributed by atoms with van der Waals surface area (Å²) in [4.78, 5) is 8.95. The number of aromatic nitrogens is 2. The van der Waals surface area contributed by atoms with Gasteiger partial charge in [0.2, 0.25) is 0 Å². The third-order valence-electron chi connectivity index (χ3n) is 2.88. The van der Waals surface area contributed by atoms with Crippen LogP contribution in [0.4, 0.5) is 4.39 Å². The van der Waals surface area contributed by atoms with Crippen LogP contribution in [-0.4, -0.2) is 15.5 Å². The standard InChI is InChI=1S/C16H19BrFN3/c1-10-7-12(9-19-16(2,3)4)21-15(20-10)13-8-11(18)5-6-14(13)17/h5-8,19H,9H2,1-4H3. The van der Waals surface area contributed by atoms with Crippen molar-refractivity contribution in [2.75, 3.05) is 0 Å². The van der Waals surface area contributed by atoms with E-state index in [1.54, 1.807) is 6.07 Å². The summed E-state index contributed by atoms with van der Waals surface area (Å²) in [6.07, 6.45) is 0. The molecule has 0 saturated carbocycles. The molecule has 0 amide bonds. The Morgan fingerprint density at radius 3 is 2.57 bits per heavy atom. The molecule has 0 atom stereocenters. The Balaban J connectivity index is 2.37. The molecule has 0 bridgehead atoms. The Morgan fingerprint density at radius 2 is 1.90 bits per heavy atom. The lowest BCUT2D eigenvalue weighted by Gasteiger charge is -2.20. The molecule has 0 aliphatic carbocycles. The molecule has 0 spiro atoms. The van der Waals surface area contributed by atoms with Crippen LogP contribution in [0.15, 0.2) is 28.7 Å². The molecule has 0 fully saturated rings. The predicted octanol–water partition coefficient (Wildman–Crippen LogP) is 4.24. The molecule has 112 valence electrons. The van der Waals surface area contributed by atoms with Crippen LogP contribution in [0.1, 0.15) is 32.2 Å². The first-order valence-electron chi connectivity index (χ1n) is 6.79. The molecule has 3 nitrogen and oxygen atoms in total. The number of halogens is 2. The third-order valence-corrected chi connectivity index (χ3v) is 3.57. The van der Waals surface area contributed by atoms with E-state index in [1.807, 2.05) is 13.0 Å². The van der Waals surface area contributed by atoms with Gasteiger partial charge in [0.05, 0.1) is 5.69 Å². The van der Waals surface area contributed by atoms with Crippen molar-refractivity contribution in [3.8, 4) is 11.4 Å². The van der Waals surface area contributed by atoms with E-state index in [0.717, 1.165) is 15.9 Å². The van der Waals surface area contributed by atoms with E-state index < -0.39 is 0 Å². The molecule has 5 heteroatoms. The minimum atomic E-state index is -0.298. The highest BCUT2D eigenvalue weighted by molar-refractivity contribution is 9.10. The second-order valence-corrected chi connectivity index (χ2v) is 6.91. The lowest BCUT2D eigenvalue weighted by Crippen LogP contribution is -2.35. The molecule has 2 rings (SSSR count). The molecule has 0 aliphatic rings. The first-order chi connectivity index (χ1) is 9.74. The first-order valence-corrected chi connectivity index (χ1v) is 7.59. The van der Waals surface area contributed by atoms with E-state index in [1.165, 1.54) is 12.1 Å². The summed E-state index contributed by atoms with van der Waals surface area (Å²) >= 11 is 3.42. The van der Waals surface area contributed by atoms with Gasteiger partial charge in [0, 0.05) is 27.8 Å². The Hall–Kier alpha value is -1.33. The first kappa shape index (κ1) is 16.0. The van der Waals surface area contributed by atoms with Crippen molar-refractivity contribution in [3.63, 3.8) is 0 Å². The second kappa shape index (κ2) is 6.20. The topological polar surface area (TPSA) is 37.8 Å². The molecule has 0 saturated heterocycles. The summed E-state index contributed by atoms with van der Waals surface area (Å²) in [7, 11) is 0. The van der Waals surface area contributed by atoms with Gasteiger partial charge in [0.1, 0.15) is 5.82 Å². The van der Waals surface area contributed by atoms with E-state index in [4.69, 9.17) is 0 Å². The Morgan fingerprint density at radius 1 is 1.19 bits per heavy atom. The monoisotopic (exact) mass is 351 g/mol. The average molecular weight is 352 g/mol. The van der Waals surface area contributed by atoms with Gasteiger partial charge in [-0.1, -0.05) is 15.9 Å². The predicted molar refractivity (Wildman–Crippen MR) is 86.5 cm³/mol.